The molecule has 0 aliphatic carbocycles. The first-order chi connectivity index (χ1) is 9.83. The van der Waals surface area contributed by atoms with Crippen LogP contribution < -0.4 is 0 Å². The molecule has 0 bridgehead atoms. The number of rotatable bonds is 2. The first-order valence-corrected chi connectivity index (χ1v) is 6.66. The summed E-state index contributed by atoms with van der Waals surface area (Å²) in [6.07, 6.45) is 0.946. The molecular formula is C14H14N4O2. The van der Waals surface area contributed by atoms with Crippen LogP contribution >= 0.6 is 0 Å². The van der Waals surface area contributed by atoms with Crippen molar-refractivity contribution >= 4 is 10.9 Å². The van der Waals surface area contributed by atoms with Gasteiger partial charge in [-0.15, -0.1) is 0 Å². The molecular weight excluding hydrogens is 256 g/mol. The fourth-order valence-corrected chi connectivity index (χ4v) is 2.61. The fraction of sp³-hybridized carbons (Fsp3) is 0.357. The third-order valence-corrected chi connectivity index (χ3v) is 3.70. The van der Waals surface area contributed by atoms with E-state index in [1.807, 2.05) is 36.0 Å². The van der Waals surface area contributed by atoms with Crippen molar-refractivity contribution < 1.29 is 9.26 Å². The summed E-state index contributed by atoms with van der Waals surface area (Å²) in [4.78, 5) is 4.49. The van der Waals surface area contributed by atoms with Crippen LogP contribution in [-0.4, -0.2) is 33.1 Å². The summed E-state index contributed by atoms with van der Waals surface area (Å²) < 4.78 is 12.6. The van der Waals surface area contributed by atoms with Crippen LogP contribution in [0, 0.1) is 0 Å². The number of nitrogens with zero attached hydrogens (tertiary/aromatic N) is 4. The highest BCUT2D eigenvalue weighted by Crippen LogP contribution is 2.29. The molecule has 1 atom stereocenters. The largest absolute Gasteiger partial charge is 0.381 e. The van der Waals surface area contributed by atoms with Gasteiger partial charge in [-0.3, -0.25) is 4.68 Å². The lowest BCUT2D eigenvalue weighted by Crippen LogP contribution is -1.99. The molecule has 0 unspecified atom stereocenters. The standard InChI is InChI=1S/C14H14N4O2/c1-18-11-5-3-2-4-10(11)12(16-18)14-15-13(17-20-14)9-6-7-19-8-9/h2-5,9H,6-8H2,1H3/t9-/m0/s1. The van der Waals surface area contributed by atoms with E-state index in [9.17, 15) is 0 Å². The summed E-state index contributed by atoms with van der Waals surface area (Å²) in [7, 11) is 1.91. The van der Waals surface area contributed by atoms with E-state index in [2.05, 4.69) is 15.2 Å². The van der Waals surface area contributed by atoms with Crippen molar-refractivity contribution in [1.29, 1.82) is 0 Å². The van der Waals surface area contributed by atoms with E-state index in [0.717, 1.165) is 29.6 Å². The smallest absolute Gasteiger partial charge is 0.279 e. The maximum Gasteiger partial charge on any atom is 0.279 e. The summed E-state index contributed by atoms with van der Waals surface area (Å²) in [6.45, 7) is 1.43. The van der Waals surface area contributed by atoms with Gasteiger partial charge in [-0.05, 0) is 12.5 Å². The van der Waals surface area contributed by atoms with E-state index in [1.165, 1.54) is 0 Å². The molecule has 0 saturated carbocycles. The Labute approximate surface area is 115 Å². The molecule has 1 saturated heterocycles. The number of ether oxygens (including phenoxy) is 1. The molecule has 1 aromatic carbocycles. The van der Waals surface area contributed by atoms with Crippen LogP contribution in [0.25, 0.3) is 22.5 Å². The molecule has 0 amide bonds. The van der Waals surface area contributed by atoms with Gasteiger partial charge in [0.05, 0.1) is 12.1 Å². The summed E-state index contributed by atoms with van der Waals surface area (Å²) >= 11 is 0. The molecule has 4 rings (SSSR count). The second-order valence-corrected chi connectivity index (χ2v) is 5.01. The number of hydrogen-bond donors (Lipinski definition) is 0. The van der Waals surface area contributed by atoms with Crippen molar-refractivity contribution in [1.82, 2.24) is 19.9 Å². The van der Waals surface area contributed by atoms with E-state index in [-0.39, 0.29) is 5.92 Å². The van der Waals surface area contributed by atoms with Gasteiger partial charge in [0.15, 0.2) is 11.5 Å². The Hall–Kier alpha value is -2.21. The van der Waals surface area contributed by atoms with Crippen LogP contribution in [0.5, 0.6) is 0 Å². The number of hydrogen-bond acceptors (Lipinski definition) is 5. The quantitative estimate of drug-likeness (QED) is 0.713. The molecule has 0 spiro atoms. The van der Waals surface area contributed by atoms with Gasteiger partial charge in [-0.2, -0.15) is 10.1 Å². The highest BCUT2D eigenvalue weighted by molar-refractivity contribution is 5.91. The maximum atomic E-state index is 5.39. The van der Waals surface area contributed by atoms with Crippen molar-refractivity contribution in [3.63, 3.8) is 0 Å². The minimum atomic E-state index is 0.238. The second-order valence-electron chi connectivity index (χ2n) is 5.01. The summed E-state index contributed by atoms with van der Waals surface area (Å²) in [5, 5.41) is 9.59. The van der Waals surface area contributed by atoms with Gasteiger partial charge in [0.1, 0.15) is 0 Å². The highest BCUT2D eigenvalue weighted by atomic mass is 16.5. The minimum Gasteiger partial charge on any atom is -0.381 e. The Bertz CT molecular complexity index is 755. The molecule has 2 aromatic heterocycles. The Morgan fingerprint density at radius 2 is 2.20 bits per heavy atom. The summed E-state index contributed by atoms with van der Waals surface area (Å²) in [5.74, 6) is 1.43. The third-order valence-electron chi connectivity index (χ3n) is 3.70. The average Bonchev–Trinajstić information content (AvgIpc) is 3.17. The van der Waals surface area contributed by atoms with E-state index in [0.29, 0.717) is 18.3 Å². The maximum absolute atomic E-state index is 5.39. The topological polar surface area (TPSA) is 66.0 Å². The molecule has 6 nitrogen and oxygen atoms in total. The normalized spacial score (nSPS) is 18.9. The van der Waals surface area contributed by atoms with Crippen molar-refractivity contribution in [2.75, 3.05) is 13.2 Å². The number of aromatic nitrogens is 4. The Balaban J connectivity index is 1.79. The Kier molecular flexibility index (Phi) is 2.56. The van der Waals surface area contributed by atoms with Crippen LogP contribution in [0.2, 0.25) is 0 Å². The zero-order valence-corrected chi connectivity index (χ0v) is 11.1. The number of fused-ring (bicyclic) bond motifs is 1. The van der Waals surface area contributed by atoms with Gasteiger partial charge in [-0.25, -0.2) is 0 Å². The van der Waals surface area contributed by atoms with Gasteiger partial charge < -0.3 is 9.26 Å². The first-order valence-electron chi connectivity index (χ1n) is 6.66. The van der Waals surface area contributed by atoms with E-state index in [4.69, 9.17) is 9.26 Å². The lowest BCUT2D eigenvalue weighted by molar-refractivity contribution is 0.192. The molecule has 1 aliphatic heterocycles. The molecule has 1 fully saturated rings. The van der Waals surface area contributed by atoms with E-state index in [1.54, 1.807) is 0 Å². The highest BCUT2D eigenvalue weighted by Gasteiger charge is 2.24. The predicted octanol–water partition coefficient (Wildman–Crippen LogP) is 2.13. The average molecular weight is 270 g/mol. The molecule has 6 heteroatoms. The Morgan fingerprint density at radius 3 is 3.05 bits per heavy atom. The van der Waals surface area contributed by atoms with E-state index < -0.39 is 0 Å². The van der Waals surface area contributed by atoms with Crippen molar-refractivity contribution in [2.24, 2.45) is 7.05 Å². The van der Waals surface area contributed by atoms with Gasteiger partial charge >= 0.3 is 0 Å². The second kappa shape index (κ2) is 4.42. The van der Waals surface area contributed by atoms with Gasteiger partial charge in [-0.1, -0.05) is 23.4 Å². The number of para-hydroxylation sites is 1. The number of benzene rings is 1. The summed E-state index contributed by atoms with van der Waals surface area (Å²) in [5.41, 5.74) is 1.78. The van der Waals surface area contributed by atoms with Crippen LogP contribution in [0.3, 0.4) is 0 Å². The van der Waals surface area contributed by atoms with Crippen LogP contribution in [-0.2, 0) is 11.8 Å². The monoisotopic (exact) mass is 270 g/mol. The van der Waals surface area contributed by atoms with Gasteiger partial charge in [0.25, 0.3) is 5.89 Å². The molecule has 3 heterocycles. The van der Waals surface area contributed by atoms with Crippen LogP contribution in [0.4, 0.5) is 0 Å². The van der Waals surface area contributed by atoms with Crippen molar-refractivity contribution in [3.8, 4) is 11.6 Å². The molecule has 102 valence electrons. The zero-order valence-electron chi connectivity index (χ0n) is 11.1. The molecule has 3 aromatic rings. The third kappa shape index (κ3) is 1.72. The lowest BCUT2D eigenvalue weighted by atomic mass is 10.1. The van der Waals surface area contributed by atoms with Crippen molar-refractivity contribution in [3.05, 3.63) is 30.1 Å². The van der Waals surface area contributed by atoms with Gasteiger partial charge in [0, 0.05) is 25.0 Å². The fourth-order valence-electron chi connectivity index (χ4n) is 2.61. The zero-order chi connectivity index (χ0) is 13.5. The minimum absolute atomic E-state index is 0.238. The molecule has 0 radical (unpaired) electrons. The van der Waals surface area contributed by atoms with Crippen molar-refractivity contribution in [2.45, 2.75) is 12.3 Å². The van der Waals surface area contributed by atoms with Gasteiger partial charge in [0.2, 0.25) is 0 Å². The number of aryl methyl sites for hydroxylation is 1. The van der Waals surface area contributed by atoms with E-state index >= 15 is 0 Å². The predicted molar refractivity (Wildman–Crippen MR) is 72.2 cm³/mol. The lowest BCUT2D eigenvalue weighted by Gasteiger charge is -1.97. The SMILES string of the molecule is Cn1nc(-c2nc([C@H]3CCOC3)no2)c2ccccc21. The van der Waals surface area contributed by atoms with Crippen LogP contribution in [0.1, 0.15) is 18.2 Å². The molecule has 0 N–H and O–H groups in total. The summed E-state index contributed by atoms with van der Waals surface area (Å²) in [6, 6.07) is 8.01. The molecule has 20 heavy (non-hydrogen) atoms. The molecule has 1 aliphatic rings. The Morgan fingerprint density at radius 1 is 1.30 bits per heavy atom. The van der Waals surface area contributed by atoms with Crippen LogP contribution in [0.15, 0.2) is 28.8 Å². The first kappa shape index (κ1) is 11.6.